The molecular weight excluding hydrogens is 352 g/mol. The Labute approximate surface area is 158 Å². The van der Waals surface area contributed by atoms with Crippen molar-refractivity contribution in [2.45, 2.75) is 84.0 Å². The monoisotopic (exact) mass is 386 g/mol. The van der Waals surface area contributed by atoms with Crippen molar-refractivity contribution in [3.63, 3.8) is 0 Å². The highest BCUT2D eigenvalue weighted by molar-refractivity contribution is 7.91. The molecule has 1 saturated carbocycles. The topological polar surface area (TPSA) is 76.0 Å². The summed E-state index contributed by atoms with van der Waals surface area (Å²) in [4.78, 5) is 13.9. The van der Waals surface area contributed by atoms with Gasteiger partial charge in [-0.3, -0.25) is 0 Å². The van der Waals surface area contributed by atoms with Gasteiger partial charge in [0.15, 0.2) is 0 Å². The second kappa shape index (κ2) is 7.49. The van der Waals surface area contributed by atoms with Gasteiger partial charge < -0.3 is 9.64 Å². The van der Waals surface area contributed by atoms with E-state index in [2.05, 4.69) is 4.40 Å². The smallest absolute Gasteiger partial charge is 0.410 e. The largest absolute Gasteiger partial charge is 0.444 e. The van der Waals surface area contributed by atoms with Crippen molar-refractivity contribution in [1.29, 1.82) is 0 Å². The van der Waals surface area contributed by atoms with Crippen molar-refractivity contribution >= 4 is 21.8 Å². The molecule has 0 aromatic rings. The van der Waals surface area contributed by atoms with E-state index in [1.807, 2.05) is 20.8 Å². The second-order valence-corrected chi connectivity index (χ2v) is 11.9. The van der Waals surface area contributed by atoms with Gasteiger partial charge in [-0.2, -0.15) is 4.40 Å². The molecule has 1 heterocycles. The quantitative estimate of drug-likeness (QED) is 0.684. The van der Waals surface area contributed by atoms with E-state index in [4.69, 9.17) is 4.74 Å². The number of likely N-dealkylation sites (tertiary alicyclic amines) is 1. The van der Waals surface area contributed by atoms with Crippen molar-refractivity contribution in [1.82, 2.24) is 4.90 Å². The van der Waals surface area contributed by atoms with E-state index in [1.165, 1.54) is 0 Å². The van der Waals surface area contributed by atoms with Gasteiger partial charge in [-0.1, -0.05) is 0 Å². The third-order valence-electron chi connectivity index (χ3n) is 4.82. The first-order valence-corrected chi connectivity index (χ1v) is 11.0. The van der Waals surface area contributed by atoms with Gasteiger partial charge in [0, 0.05) is 18.8 Å². The fourth-order valence-electron chi connectivity index (χ4n) is 2.93. The number of sulfonamides is 1. The highest BCUT2D eigenvalue weighted by atomic mass is 32.2. The lowest BCUT2D eigenvalue weighted by Crippen LogP contribution is -2.42. The maximum absolute atomic E-state index is 12.5. The number of carbonyl (C=O) groups excluding carboxylic acids is 1. The van der Waals surface area contributed by atoms with Crippen LogP contribution in [0.2, 0.25) is 0 Å². The Kier molecular flexibility index (Phi) is 6.10. The first-order chi connectivity index (χ1) is 11.8. The number of amides is 1. The van der Waals surface area contributed by atoms with Crippen LogP contribution in [0.25, 0.3) is 0 Å². The summed E-state index contributed by atoms with van der Waals surface area (Å²) in [6.45, 7) is 12.0. The molecule has 0 atom stereocenters. The Balaban J connectivity index is 1.96. The molecule has 0 unspecified atom stereocenters. The number of hydrogen-bond donors (Lipinski definition) is 0. The molecule has 2 aliphatic rings. The Morgan fingerprint density at radius 1 is 1.04 bits per heavy atom. The lowest BCUT2D eigenvalue weighted by atomic mass is 9.90. The Bertz CT molecular complexity index is 644. The molecule has 0 aromatic carbocycles. The molecule has 0 N–H and O–H groups in total. The summed E-state index contributed by atoms with van der Waals surface area (Å²) in [6, 6.07) is 0. The van der Waals surface area contributed by atoms with Crippen LogP contribution in [0.5, 0.6) is 0 Å². The molecule has 1 amide bonds. The summed E-state index contributed by atoms with van der Waals surface area (Å²) in [5, 5.41) is 0. The second-order valence-electron chi connectivity index (χ2n) is 9.56. The van der Waals surface area contributed by atoms with E-state index >= 15 is 0 Å². The van der Waals surface area contributed by atoms with Gasteiger partial charge in [0.2, 0.25) is 0 Å². The average Bonchev–Trinajstić information content (AvgIpc) is 3.28. The molecule has 1 aliphatic heterocycles. The van der Waals surface area contributed by atoms with Gasteiger partial charge in [-0.05, 0) is 85.5 Å². The van der Waals surface area contributed by atoms with E-state index < -0.39 is 20.4 Å². The summed E-state index contributed by atoms with van der Waals surface area (Å²) in [6.07, 6.45) is 4.26. The predicted molar refractivity (Wildman–Crippen MR) is 104 cm³/mol. The zero-order chi connectivity index (χ0) is 19.8. The number of carbonyl (C=O) groups is 1. The summed E-state index contributed by atoms with van der Waals surface area (Å²) in [5.41, 5.74) is 0.358. The predicted octanol–water partition coefficient (Wildman–Crippen LogP) is 4.00. The molecule has 0 bridgehead atoms. The molecule has 0 spiro atoms. The van der Waals surface area contributed by atoms with Gasteiger partial charge in [-0.15, -0.1) is 0 Å². The molecule has 26 heavy (non-hydrogen) atoms. The minimum Gasteiger partial charge on any atom is -0.444 e. The van der Waals surface area contributed by atoms with Gasteiger partial charge in [0.25, 0.3) is 10.0 Å². The van der Waals surface area contributed by atoms with Crippen molar-refractivity contribution in [2.75, 3.05) is 13.1 Å². The normalized spacial score (nSPS) is 21.0. The summed E-state index contributed by atoms with van der Waals surface area (Å²) in [5.74, 6) is 0.708. The maximum atomic E-state index is 12.5. The number of nitrogens with zero attached hydrogens (tertiary/aromatic N) is 2. The van der Waals surface area contributed by atoms with Crippen LogP contribution in [0.3, 0.4) is 0 Å². The summed E-state index contributed by atoms with van der Waals surface area (Å²) < 4.78 is 33.7. The van der Waals surface area contributed by atoms with Crippen molar-refractivity contribution in [3.8, 4) is 0 Å². The zero-order valence-corrected chi connectivity index (χ0v) is 17.9. The van der Waals surface area contributed by atoms with E-state index in [0.717, 1.165) is 37.8 Å². The third kappa shape index (κ3) is 5.96. The number of hydrogen-bond acceptors (Lipinski definition) is 4. The first-order valence-electron chi connectivity index (χ1n) is 9.60. The standard InChI is InChI=1S/C19H34N2O4S/c1-18(2,3)25-17(22)21-11-9-14(10-12-21)13-16(15-7-8-15)20-26(23,24)19(4,5)6/h14-15H,7-13H2,1-6H3. The zero-order valence-electron chi connectivity index (χ0n) is 17.0. The molecule has 0 aromatic heterocycles. The van der Waals surface area contributed by atoms with Crippen LogP contribution in [0.1, 0.15) is 73.6 Å². The lowest BCUT2D eigenvalue weighted by molar-refractivity contribution is 0.0186. The summed E-state index contributed by atoms with van der Waals surface area (Å²) >= 11 is 0. The molecule has 0 radical (unpaired) electrons. The number of rotatable bonds is 4. The van der Waals surface area contributed by atoms with Crippen molar-refractivity contribution < 1.29 is 17.9 Å². The number of ether oxygens (including phenoxy) is 1. The fourth-order valence-corrected chi connectivity index (χ4v) is 3.73. The van der Waals surface area contributed by atoms with E-state index in [0.29, 0.717) is 24.9 Å². The molecule has 7 heteroatoms. The van der Waals surface area contributed by atoms with Crippen LogP contribution in [0.15, 0.2) is 4.40 Å². The highest BCUT2D eigenvalue weighted by Gasteiger charge is 2.35. The van der Waals surface area contributed by atoms with Crippen LogP contribution >= 0.6 is 0 Å². The minimum atomic E-state index is -3.49. The summed E-state index contributed by atoms with van der Waals surface area (Å²) in [7, 11) is -3.49. The van der Waals surface area contributed by atoms with Crippen LogP contribution in [0.4, 0.5) is 4.79 Å². The fraction of sp³-hybridized carbons (Fsp3) is 0.895. The molecule has 6 nitrogen and oxygen atoms in total. The van der Waals surface area contributed by atoms with E-state index in [1.54, 1.807) is 25.7 Å². The van der Waals surface area contributed by atoms with Crippen molar-refractivity contribution in [3.05, 3.63) is 0 Å². The Morgan fingerprint density at radius 2 is 1.58 bits per heavy atom. The molecule has 1 aliphatic carbocycles. The first kappa shape index (κ1) is 21.2. The molecular formula is C19H34N2O4S. The van der Waals surface area contributed by atoms with E-state index in [-0.39, 0.29) is 6.09 Å². The average molecular weight is 387 g/mol. The minimum absolute atomic E-state index is 0.262. The highest BCUT2D eigenvalue weighted by Crippen LogP contribution is 2.36. The molecule has 2 rings (SSSR count). The van der Waals surface area contributed by atoms with Crippen LogP contribution < -0.4 is 0 Å². The van der Waals surface area contributed by atoms with Crippen molar-refractivity contribution in [2.24, 2.45) is 16.2 Å². The van der Waals surface area contributed by atoms with Crippen LogP contribution in [0, 0.1) is 11.8 Å². The Hall–Kier alpha value is -1.11. The van der Waals surface area contributed by atoms with Crippen LogP contribution in [-0.4, -0.2) is 48.6 Å². The third-order valence-corrected chi connectivity index (χ3v) is 6.85. The van der Waals surface area contributed by atoms with Gasteiger partial charge in [0.1, 0.15) is 5.60 Å². The van der Waals surface area contributed by atoms with E-state index in [9.17, 15) is 13.2 Å². The van der Waals surface area contributed by atoms with Gasteiger partial charge >= 0.3 is 6.09 Å². The Morgan fingerprint density at radius 3 is 2.00 bits per heavy atom. The molecule has 150 valence electrons. The van der Waals surface area contributed by atoms with Gasteiger partial charge in [0.05, 0.1) is 4.75 Å². The van der Waals surface area contributed by atoms with Crippen LogP contribution in [-0.2, 0) is 14.8 Å². The SMILES string of the molecule is CC(C)(C)OC(=O)N1CCC(CC(=NS(=O)(=O)C(C)(C)C)C2CC2)CC1. The lowest BCUT2D eigenvalue weighted by Gasteiger charge is -2.33. The number of piperidine rings is 1. The maximum Gasteiger partial charge on any atom is 0.410 e. The van der Waals surface area contributed by atoms with Gasteiger partial charge in [-0.25, -0.2) is 13.2 Å². The molecule has 1 saturated heterocycles. The molecule has 2 fully saturated rings.